The molecular weight excluding hydrogens is 346 g/mol. The summed E-state index contributed by atoms with van der Waals surface area (Å²) >= 11 is 0. The molecular formula is C19H31N5O3. The van der Waals surface area contributed by atoms with Crippen molar-refractivity contribution in [2.24, 2.45) is 0 Å². The van der Waals surface area contributed by atoms with Gasteiger partial charge in [0.25, 0.3) is 5.91 Å². The second kappa shape index (κ2) is 8.50. The highest BCUT2D eigenvalue weighted by Crippen LogP contribution is 2.25. The van der Waals surface area contributed by atoms with Crippen molar-refractivity contribution in [3.8, 4) is 0 Å². The standard InChI is InChI=1S/C19H31N5O3/c1-15-13-20-16(2)17(21-15)23-9-7-22(8-10-23)14-19(26)5-4-6-24(18(19)25)11-12-27-3/h13,26H,4-12,14H2,1-3H3/t19-/m1/s1. The number of methoxy groups -OCH3 is 1. The van der Waals surface area contributed by atoms with Gasteiger partial charge in [-0.1, -0.05) is 0 Å². The fourth-order valence-corrected chi connectivity index (χ4v) is 3.94. The predicted octanol–water partition coefficient (Wildman–Crippen LogP) is 0.215. The fraction of sp³-hybridized carbons (Fsp3) is 0.737. The molecule has 1 N–H and O–H groups in total. The molecule has 0 radical (unpaired) electrons. The Morgan fingerprint density at radius 2 is 1.96 bits per heavy atom. The predicted molar refractivity (Wildman–Crippen MR) is 103 cm³/mol. The lowest BCUT2D eigenvalue weighted by atomic mass is 9.91. The van der Waals surface area contributed by atoms with Gasteiger partial charge in [0.05, 0.1) is 18.0 Å². The molecule has 8 heteroatoms. The Morgan fingerprint density at radius 3 is 2.67 bits per heavy atom. The molecule has 1 aromatic heterocycles. The highest BCUT2D eigenvalue weighted by atomic mass is 16.5. The molecule has 3 rings (SSSR count). The molecule has 2 fully saturated rings. The lowest BCUT2D eigenvalue weighted by molar-refractivity contribution is -0.160. The normalized spacial score (nSPS) is 24.5. The fourth-order valence-electron chi connectivity index (χ4n) is 3.94. The maximum absolute atomic E-state index is 12.8. The molecule has 2 aliphatic rings. The number of β-amino-alcohol motifs (C(OH)–C–C–N with tert-alkyl or cyclic N) is 1. The van der Waals surface area contributed by atoms with Crippen LogP contribution in [0.5, 0.6) is 0 Å². The minimum absolute atomic E-state index is 0.159. The molecule has 0 saturated carbocycles. The average Bonchev–Trinajstić information content (AvgIpc) is 2.66. The number of rotatable bonds is 6. The van der Waals surface area contributed by atoms with Crippen molar-refractivity contribution in [3.05, 3.63) is 17.6 Å². The molecule has 0 spiro atoms. The molecule has 0 aliphatic carbocycles. The first-order chi connectivity index (χ1) is 12.9. The van der Waals surface area contributed by atoms with Gasteiger partial charge in [-0.3, -0.25) is 14.7 Å². The summed E-state index contributed by atoms with van der Waals surface area (Å²) in [5.41, 5.74) is 0.563. The van der Waals surface area contributed by atoms with Gasteiger partial charge in [0.1, 0.15) is 5.82 Å². The van der Waals surface area contributed by atoms with Crippen LogP contribution in [0, 0.1) is 13.8 Å². The van der Waals surface area contributed by atoms with Gasteiger partial charge in [0, 0.05) is 59.1 Å². The molecule has 0 unspecified atom stereocenters. The molecule has 0 aromatic carbocycles. The third kappa shape index (κ3) is 4.56. The van der Waals surface area contributed by atoms with Crippen molar-refractivity contribution in [2.45, 2.75) is 32.3 Å². The first-order valence-corrected chi connectivity index (χ1v) is 9.71. The van der Waals surface area contributed by atoms with Crippen LogP contribution in [0.4, 0.5) is 5.82 Å². The Kier molecular flexibility index (Phi) is 6.29. The summed E-state index contributed by atoms with van der Waals surface area (Å²) in [7, 11) is 1.63. The number of aliphatic hydroxyl groups is 1. The van der Waals surface area contributed by atoms with Crippen LogP contribution in [-0.4, -0.2) is 95.9 Å². The van der Waals surface area contributed by atoms with E-state index in [1.807, 2.05) is 13.8 Å². The molecule has 2 saturated heterocycles. The van der Waals surface area contributed by atoms with Gasteiger partial charge in [0.15, 0.2) is 5.60 Å². The number of piperidine rings is 1. The second-order valence-corrected chi connectivity index (χ2v) is 7.60. The number of carbonyl (C=O) groups is 1. The topological polar surface area (TPSA) is 82.0 Å². The number of nitrogens with zero attached hydrogens (tertiary/aromatic N) is 5. The SMILES string of the molecule is COCCN1CCC[C@@](O)(CN2CCN(c3nc(C)cnc3C)CC2)C1=O. The molecule has 150 valence electrons. The summed E-state index contributed by atoms with van der Waals surface area (Å²) < 4.78 is 5.08. The maximum Gasteiger partial charge on any atom is 0.255 e. The number of amides is 1. The number of hydrogen-bond donors (Lipinski definition) is 1. The van der Waals surface area contributed by atoms with Crippen LogP contribution in [-0.2, 0) is 9.53 Å². The van der Waals surface area contributed by atoms with Crippen molar-refractivity contribution in [1.82, 2.24) is 19.8 Å². The number of anilines is 1. The van der Waals surface area contributed by atoms with Gasteiger partial charge < -0.3 is 19.6 Å². The third-order valence-corrected chi connectivity index (χ3v) is 5.48. The zero-order valence-electron chi connectivity index (χ0n) is 16.6. The van der Waals surface area contributed by atoms with E-state index in [1.165, 1.54) is 0 Å². The van der Waals surface area contributed by atoms with Crippen molar-refractivity contribution in [2.75, 3.05) is 64.4 Å². The van der Waals surface area contributed by atoms with Crippen LogP contribution >= 0.6 is 0 Å². The zero-order chi connectivity index (χ0) is 19.4. The van der Waals surface area contributed by atoms with Gasteiger partial charge in [-0.25, -0.2) is 4.98 Å². The lowest BCUT2D eigenvalue weighted by Crippen LogP contribution is -2.61. The minimum Gasteiger partial charge on any atom is -0.383 e. The molecule has 1 amide bonds. The van der Waals surface area contributed by atoms with Crippen LogP contribution in [0.15, 0.2) is 6.20 Å². The monoisotopic (exact) mass is 377 g/mol. The van der Waals surface area contributed by atoms with E-state index in [2.05, 4.69) is 19.8 Å². The van der Waals surface area contributed by atoms with Gasteiger partial charge in [-0.15, -0.1) is 0 Å². The Morgan fingerprint density at radius 1 is 1.22 bits per heavy atom. The van der Waals surface area contributed by atoms with Crippen molar-refractivity contribution in [3.63, 3.8) is 0 Å². The molecule has 2 aliphatic heterocycles. The van der Waals surface area contributed by atoms with Gasteiger partial charge >= 0.3 is 0 Å². The molecule has 1 aromatic rings. The van der Waals surface area contributed by atoms with E-state index in [0.717, 1.165) is 49.8 Å². The minimum atomic E-state index is -1.28. The van der Waals surface area contributed by atoms with Gasteiger partial charge in [0.2, 0.25) is 0 Å². The van der Waals surface area contributed by atoms with Gasteiger partial charge in [-0.05, 0) is 26.7 Å². The average molecular weight is 377 g/mol. The second-order valence-electron chi connectivity index (χ2n) is 7.60. The van der Waals surface area contributed by atoms with Crippen LogP contribution in [0.1, 0.15) is 24.2 Å². The summed E-state index contributed by atoms with van der Waals surface area (Å²) in [6, 6.07) is 0. The summed E-state index contributed by atoms with van der Waals surface area (Å²) in [4.78, 5) is 27.9. The third-order valence-electron chi connectivity index (χ3n) is 5.48. The molecule has 3 heterocycles. The largest absolute Gasteiger partial charge is 0.383 e. The Balaban J connectivity index is 1.58. The van der Waals surface area contributed by atoms with E-state index in [9.17, 15) is 9.90 Å². The van der Waals surface area contributed by atoms with E-state index in [-0.39, 0.29) is 5.91 Å². The van der Waals surface area contributed by atoms with Gasteiger partial charge in [-0.2, -0.15) is 0 Å². The van der Waals surface area contributed by atoms with E-state index in [4.69, 9.17) is 4.74 Å². The molecule has 1 atom stereocenters. The Bertz CT molecular complexity index is 663. The van der Waals surface area contributed by atoms with Crippen molar-refractivity contribution >= 4 is 11.7 Å². The number of carbonyl (C=O) groups excluding carboxylic acids is 1. The highest BCUT2D eigenvalue weighted by molar-refractivity contribution is 5.86. The van der Waals surface area contributed by atoms with Crippen molar-refractivity contribution < 1.29 is 14.6 Å². The van der Waals surface area contributed by atoms with Crippen molar-refractivity contribution in [1.29, 1.82) is 0 Å². The molecule has 0 bridgehead atoms. The highest BCUT2D eigenvalue weighted by Gasteiger charge is 2.43. The Labute approximate surface area is 161 Å². The maximum atomic E-state index is 12.8. The quantitative estimate of drug-likeness (QED) is 0.759. The molecule has 8 nitrogen and oxygen atoms in total. The summed E-state index contributed by atoms with van der Waals surface area (Å²) in [5, 5.41) is 11.0. The number of aryl methyl sites for hydroxylation is 2. The summed E-state index contributed by atoms with van der Waals surface area (Å²) in [6.07, 6.45) is 3.14. The first kappa shape index (κ1) is 20.0. The van der Waals surface area contributed by atoms with Crippen LogP contribution in [0.2, 0.25) is 0 Å². The number of hydrogen-bond acceptors (Lipinski definition) is 7. The van der Waals surface area contributed by atoms with Crippen LogP contribution in [0.3, 0.4) is 0 Å². The van der Waals surface area contributed by atoms with E-state index < -0.39 is 5.60 Å². The van der Waals surface area contributed by atoms with E-state index >= 15 is 0 Å². The smallest absolute Gasteiger partial charge is 0.255 e. The summed E-state index contributed by atoms with van der Waals surface area (Å²) in [6.45, 7) is 9.27. The van der Waals surface area contributed by atoms with Crippen LogP contribution < -0.4 is 4.90 Å². The first-order valence-electron chi connectivity index (χ1n) is 9.71. The number of aromatic nitrogens is 2. The van der Waals surface area contributed by atoms with Crippen LogP contribution in [0.25, 0.3) is 0 Å². The zero-order valence-corrected chi connectivity index (χ0v) is 16.6. The molecule has 27 heavy (non-hydrogen) atoms. The summed E-state index contributed by atoms with van der Waals surface area (Å²) in [5.74, 6) is 0.779. The number of ether oxygens (including phenoxy) is 1. The Hall–Kier alpha value is -1.77. The van der Waals surface area contributed by atoms with E-state index in [1.54, 1.807) is 18.2 Å². The number of likely N-dealkylation sites (tertiary alicyclic amines) is 1. The number of piperazine rings is 1. The lowest BCUT2D eigenvalue weighted by Gasteiger charge is -2.43. The van der Waals surface area contributed by atoms with E-state index in [0.29, 0.717) is 32.7 Å².